The summed E-state index contributed by atoms with van der Waals surface area (Å²) in [6.45, 7) is 0. The van der Waals surface area contributed by atoms with E-state index >= 15 is 0 Å². The number of ether oxygens (including phenoxy) is 1. The Balaban J connectivity index is 2.09. The summed E-state index contributed by atoms with van der Waals surface area (Å²) in [5, 5.41) is 0. The number of hydrogen-bond donors (Lipinski definition) is 0. The summed E-state index contributed by atoms with van der Waals surface area (Å²) >= 11 is 0. The Kier molecular flexibility index (Phi) is 5.74. The topological polar surface area (TPSA) is 56.3 Å². The smallest absolute Gasteiger partial charge is 0.383 e. The maximum absolute atomic E-state index is 12.5. The molecule has 1 heterocycles. The summed E-state index contributed by atoms with van der Waals surface area (Å²) in [6.07, 6.45) is -2.35. The highest BCUT2D eigenvalue weighted by Crippen LogP contribution is 2.28. The number of halogens is 3. The average molecular weight is 395 g/mol. The first-order chi connectivity index (χ1) is 13.9. The number of benzene rings is 2. The Bertz CT molecular complexity index is 1100. The van der Waals surface area contributed by atoms with Crippen LogP contribution in [0.2, 0.25) is 0 Å². The molecule has 29 heavy (non-hydrogen) atoms. The summed E-state index contributed by atoms with van der Waals surface area (Å²) in [7, 11) is 0. The third kappa shape index (κ3) is 4.87. The largest absolute Gasteiger partial charge is 0.491 e. The number of aromatic nitrogens is 1. The van der Waals surface area contributed by atoms with E-state index < -0.39 is 18.1 Å². The van der Waals surface area contributed by atoms with Gasteiger partial charge in [-0.25, -0.2) is 9.59 Å². The average Bonchev–Trinajstić information content (AvgIpc) is 2.72. The quantitative estimate of drug-likeness (QED) is 0.367. The summed E-state index contributed by atoms with van der Waals surface area (Å²) in [5.74, 6) is 1.87. The fraction of sp³-hybridized carbons (Fsp3) is 0.0455. The molecule has 0 amide bonds. The first-order valence-electron chi connectivity index (χ1n) is 8.30. The van der Waals surface area contributed by atoms with Crippen LogP contribution in [0.15, 0.2) is 73.1 Å². The van der Waals surface area contributed by atoms with Crippen LogP contribution in [-0.2, 0) is 9.53 Å². The molecule has 2 aromatic carbocycles. The molecular formula is C22H12F3NO3. The predicted octanol–water partition coefficient (Wildman–Crippen LogP) is 4.39. The number of rotatable bonds is 2. The number of pyridine rings is 1. The van der Waals surface area contributed by atoms with Crippen molar-refractivity contribution in [1.29, 1.82) is 0 Å². The molecule has 0 unspecified atom stereocenters. The van der Waals surface area contributed by atoms with Crippen LogP contribution < -0.4 is 0 Å². The first kappa shape index (κ1) is 19.8. The summed E-state index contributed by atoms with van der Waals surface area (Å²) in [5.41, 5.74) is 1.62. The molecule has 0 atom stereocenters. The molecule has 0 aliphatic carbocycles. The van der Waals surface area contributed by atoms with Crippen LogP contribution in [0.5, 0.6) is 0 Å². The van der Waals surface area contributed by atoms with Crippen molar-refractivity contribution in [2.75, 3.05) is 0 Å². The van der Waals surface area contributed by atoms with Crippen LogP contribution in [0.4, 0.5) is 13.2 Å². The van der Waals surface area contributed by atoms with Crippen LogP contribution in [0, 0.1) is 11.8 Å². The van der Waals surface area contributed by atoms with E-state index in [4.69, 9.17) is 0 Å². The number of esters is 2. The Morgan fingerprint density at radius 1 is 0.862 bits per heavy atom. The zero-order valence-corrected chi connectivity index (χ0v) is 14.7. The van der Waals surface area contributed by atoms with Gasteiger partial charge in [-0.15, -0.1) is 0 Å². The Labute approximate surface area is 164 Å². The van der Waals surface area contributed by atoms with Gasteiger partial charge in [-0.1, -0.05) is 36.1 Å². The van der Waals surface area contributed by atoms with Crippen molar-refractivity contribution < 1.29 is 27.5 Å². The predicted molar refractivity (Wildman–Crippen MR) is 98.6 cm³/mol. The highest BCUT2D eigenvalue weighted by molar-refractivity contribution is 6.04. The number of hydrogen-bond acceptors (Lipinski definition) is 4. The van der Waals surface area contributed by atoms with Gasteiger partial charge in [0.25, 0.3) is 0 Å². The van der Waals surface area contributed by atoms with Gasteiger partial charge in [-0.05, 0) is 42.0 Å². The third-order valence-corrected chi connectivity index (χ3v) is 3.79. The van der Waals surface area contributed by atoms with E-state index in [0.717, 1.165) is 0 Å². The highest BCUT2D eigenvalue weighted by Gasteiger charge is 2.42. The van der Waals surface area contributed by atoms with Crippen molar-refractivity contribution in [1.82, 2.24) is 4.98 Å². The Morgan fingerprint density at radius 3 is 2.21 bits per heavy atom. The summed E-state index contributed by atoms with van der Waals surface area (Å²) in [6, 6.07) is 16.5. The van der Waals surface area contributed by atoms with Crippen molar-refractivity contribution in [3.63, 3.8) is 0 Å². The molecule has 0 N–H and O–H groups in total. The second kappa shape index (κ2) is 8.40. The molecule has 3 aromatic rings. The summed E-state index contributed by atoms with van der Waals surface area (Å²) in [4.78, 5) is 27.3. The molecule has 7 heteroatoms. The van der Waals surface area contributed by atoms with Gasteiger partial charge in [0.05, 0.1) is 5.56 Å². The van der Waals surface area contributed by atoms with Crippen LogP contribution in [-0.4, -0.2) is 23.1 Å². The standard InChI is InChI=1S/C22H12F3NO3/c23-22(24,25)21(28)29-20(27)18-8-4-7-16(10-9-15-5-2-1-3-6-15)19(18)17-11-13-26-14-12-17/h1-8,11-14H. The van der Waals surface area contributed by atoms with E-state index in [-0.39, 0.29) is 11.1 Å². The van der Waals surface area contributed by atoms with Crippen molar-refractivity contribution in [2.24, 2.45) is 0 Å². The molecule has 0 saturated carbocycles. The molecule has 144 valence electrons. The van der Waals surface area contributed by atoms with Crippen molar-refractivity contribution in [3.8, 4) is 23.0 Å². The molecule has 0 bridgehead atoms. The van der Waals surface area contributed by atoms with Gasteiger partial charge in [0, 0.05) is 29.1 Å². The van der Waals surface area contributed by atoms with E-state index in [0.29, 0.717) is 16.7 Å². The van der Waals surface area contributed by atoms with E-state index in [1.807, 2.05) is 18.2 Å². The second-order valence-electron chi connectivity index (χ2n) is 5.75. The van der Waals surface area contributed by atoms with Crippen molar-refractivity contribution in [2.45, 2.75) is 6.18 Å². The molecule has 4 nitrogen and oxygen atoms in total. The maximum Gasteiger partial charge on any atom is 0.491 e. The van der Waals surface area contributed by atoms with Crippen molar-refractivity contribution in [3.05, 3.63) is 89.7 Å². The van der Waals surface area contributed by atoms with Gasteiger partial charge in [-0.2, -0.15) is 13.2 Å². The Morgan fingerprint density at radius 2 is 1.55 bits per heavy atom. The van der Waals surface area contributed by atoms with Gasteiger partial charge in [0.15, 0.2) is 0 Å². The molecule has 1 aromatic heterocycles. The van der Waals surface area contributed by atoms with Crippen LogP contribution >= 0.6 is 0 Å². The molecular weight excluding hydrogens is 383 g/mol. The zero-order chi connectivity index (χ0) is 20.9. The second-order valence-corrected chi connectivity index (χ2v) is 5.75. The lowest BCUT2D eigenvalue weighted by molar-refractivity contribution is -0.193. The van der Waals surface area contributed by atoms with Gasteiger partial charge < -0.3 is 4.74 Å². The van der Waals surface area contributed by atoms with E-state index in [9.17, 15) is 22.8 Å². The van der Waals surface area contributed by atoms with Gasteiger partial charge in [-0.3, -0.25) is 4.98 Å². The molecule has 0 saturated heterocycles. The fourth-order valence-corrected chi connectivity index (χ4v) is 2.51. The lowest BCUT2D eigenvalue weighted by Gasteiger charge is -2.12. The molecule has 3 rings (SSSR count). The zero-order valence-electron chi connectivity index (χ0n) is 14.7. The molecule has 0 aliphatic heterocycles. The minimum atomic E-state index is -5.28. The van der Waals surface area contributed by atoms with Crippen LogP contribution in [0.3, 0.4) is 0 Å². The number of carbonyl (C=O) groups excluding carboxylic acids is 2. The monoisotopic (exact) mass is 395 g/mol. The first-order valence-corrected chi connectivity index (χ1v) is 8.30. The van der Waals surface area contributed by atoms with Gasteiger partial charge in [0.2, 0.25) is 0 Å². The van der Waals surface area contributed by atoms with E-state index in [1.165, 1.54) is 24.5 Å². The molecule has 0 spiro atoms. The van der Waals surface area contributed by atoms with E-state index in [2.05, 4.69) is 21.6 Å². The molecule has 0 radical (unpaired) electrons. The lowest BCUT2D eigenvalue weighted by atomic mass is 9.95. The van der Waals surface area contributed by atoms with Crippen molar-refractivity contribution >= 4 is 11.9 Å². The highest BCUT2D eigenvalue weighted by atomic mass is 19.4. The number of nitrogens with zero attached hydrogens (tertiary/aromatic N) is 1. The SMILES string of the molecule is O=C(OC(=O)C(F)(F)F)c1cccc(C#Cc2ccccc2)c1-c1ccncc1. The Hall–Kier alpha value is -3.92. The molecule has 0 aliphatic rings. The van der Waals surface area contributed by atoms with Crippen LogP contribution in [0.25, 0.3) is 11.1 Å². The third-order valence-electron chi connectivity index (χ3n) is 3.79. The fourth-order valence-electron chi connectivity index (χ4n) is 2.51. The lowest BCUT2D eigenvalue weighted by Crippen LogP contribution is -2.28. The van der Waals surface area contributed by atoms with Crippen LogP contribution in [0.1, 0.15) is 21.5 Å². The number of alkyl halides is 3. The maximum atomic E-state index is 12.5. The number of carbonyl (C=O) groups is 2. The minimum Gasteiger partial charge on any atom is -0.383 e. The normalized spacial score (nSPS) is 10.6. The minimum absolute atomic E-state index is 0.214. The summed E-state index contributed by atoms with van der Waals surface area (Å²) < 4.78 is 41.5. The van der Waals surface area contributed by atoms with Gasteiger partial charge >= 0.3 is 18.1 Å². The van der Waals surface area contributed by atoms with Gasteiger partial charge in [0.1, 0.15) is 0 Å². The molecule has 0 fully saturated rings. The van der Waals surface area contributed by atoms with E-state index in [1.54, 1.807) is 30.3 Å².